The number of hydrogen-bond acceptors (Lipinski definition) is 2. The van der Waals surface area contributed by atoms with Gasteiger partial charge in [0.05, 0.1) is 6.04 Å². The second kappa shape index (κ2) is 3.83. The van der Waals surface area contributed by atoms with Crippen molar-refractivity contribution in [2.24, 2.45) is 11.8 Å². The molecule has 0 bridgehead atoms. The van der Waals surface area contributed by atoms with Gasteiger partial charge in [0, 0.05) is 5.56 Å². The lowest BCUT2D eigenvalue weighted by Gasteiger charge is -2.16. The summed E-state index contributed by atoms with van der Waals surface area (Å²) in [6, 6.07) is 1.72. The molecule has 15 heavy (non-hydrogen) atoms. The van der Waals surface area contributed by atoms with Crippen LogP contribution in [0.15, 0.2) is 12.1 Å². The predicted octanol–water partition coefficient (Wildman–Crippen LogP) is 2.02. The molecule has 3 N–H and O–H groups in total. The van der Waals surface area contributed by atoms with Gasteiger partial charge in [-0.15, -0.1) is 0 Å². The quantitative estimate of drug-likeness (QED) is 0.461. The zero-order chi connectivity index (χ0) is 11.0. The maximum absolute atomic E-state index is 13.4. The maximum atomic E-state index is 13.4. The Morgan fingerprint density at radius 3 is 2.40 bits per heavy atom. The average Bonchev–Trinajstić information content (AvgIpc) is 3.03. The molecular formula is C10H11F3N2. The van der Waals surface area contributed by atoms with Crippen LogP contribution < -0.4 is 11.3 Å². The van der Waals surface area contributed by atoms with Crippen molar-refractivity contribution in [2.75, 3.05) is 0 Å². The van der Waals surface area contributed by atoms with Crippen molar-refractivity contribution in [3.05, 3.63) is 35.1 Å². The molecule has 1 aromatic rings. The normalized spacial score (nSPS) is 17.9. The van der Waals surface area contributed by atoms with Gasteiger partial charge in [0.2, 0.25) is 0 Å². The standard InChI is InChI=1S/C10H11F3N2/c11-7-4-3-6(8(12)9(7)13)10(15-14)5-1-2-5/h3-5,10,15H,1-2,14H2. The fraction of sp³-hybridized carbons (Fsp3) is 0.400. The van der Waals surface area contributed by atoms with Gasteiger partial charge in [-0.3, -0.25) is 11.3 Å². The smallest absolute Gasteiger partial charge is 0.194 e. The van der Waals surface area contributed by atoms with Gasteiger partial charge in [-0.25, -0.2) is 13.2 Å². The van der Waals surface area contributed by atoms with Gasteiger partial charge in [0.15, 0.2) is 17.5 Å². The molecule has 0 amide bonds. The van der Waals surface area contributed by atoms with E-state index in [4.69, 9.17) is 5.84 Å². The summed E-state index contributed by atoms with van der Waals surface area (Å²) in [6.45, 7) is 0. The highest BCUT2D eigenvalue weighted by molar-refractivity contribution is 5.25. The van der Waals surface area contributed by atoms with E-state index >= 15 is 0 Å². The van der Waals surface area contributed by atoms with Crippen LogP contribution in [0, 0.1) is 23.4 Å². The maximum Gasteiger partial charge on any atom is 0.194 e. The minimum Gasteiger partial charge on any atom is -0.271 e. The number of rotatable bonds is 3. The number of hydrazine groups is 1. The minimum atomic E-state index is -1.44. The Kier molecular flexibility index (Phi) is 2.67. The Bertz CT molecular complexity index is 377. The molecule has 0 aromatic heterocycles. The van der Waals surface area contributed by atoms with Crippen LogP contribution in [0.4, 0.5) is 13.2 Å². The Morgan fingerprint density at radius 1 is 1.20 bits per heavy atom. The van der Waals surface area contributed by atoms with Crippen molar-refractivity contribution < 1.29 is 13.2 Å². The van der Waals surface area contributed by atoms with E-state index in [2.05, 4.69) is 5.43 Å². The van der Waals surface area contributed by atoms with Crippen LogP contribution in [0.2, 0.25) is 0 Å². The van der Waals surface area contributed by atoms with Gasteiger partial charge in [-0.05, 0) is 24.8 Å². The van der Waals surface area contributed by atoms with Gasteiger partial charge in [0.25, 0.3) is 0 Å². The fourth-order valence-corrected chi connectivity index (χ4v) is 1.69. The molecule has 1 aliphatic carbocycles. The highest BCUT2D eigenvalue weighted by Gasteiger charge is 2.34. The van der Waals surface area contributed by atoms with Gasteiger partial charge in [-0.2, -0.15) is 0 Å². The highest BCUT2D eigenvalue weighted by atomic mass is 19.2. The first kappa shape index (κ1) is 10.4. The first-order chi connectivity index (χ1) is 7.15. The number of benzene rings is 1. The SMILES string of the molecule is NNC(c1ccc(F)c(F)c1F)C1CC1. The Balaban J connectivity index is 2.38. The third-order valence-electron chi connectivity index (χ3n) is 2.67. The second-order valence-electron chi connectivity index (χ2n) is 3.75. The monoisotopic (exact) mass is 216 g/mol. The Labute approximate surface area is 85.2 Å². The summed E-state index contributed by atoms with van der Waals surface area (Å²) in [6.07, 6.45) is 1.85. The summed E-state index contributed by atoms with van der Waals surface area (Å²) in [4.78, 5) is 0. The van der Waals surface area contributed by atoms with E-state index in [0.717, 1.165) is 18.9 Å². The summed E-state index contributed by atoms with van der Waals surface area (Å²) >= 11 is 0. The van der Waals surface area contributed by atoms with Crippen molar-refractivity contribution >= 4 is 0 Å². The van der Waals surface area contributed by atoms with Crippen molar-refractivity contribution in [2.45, 2.75) is 18.9 Å². The number of nitrogens with two attached hydrogens (primary N) is 1. The summed E-state index contributed by atoms with van der Waals surface area (Å²) in [5, 5.41) is 0. The fourth-order valence-electron chi connectivity index (χ4n) is 1.69. The van der Waals surface area contributed by atoms with E-state index in [9.17, 15) is 13.2 Å². The van der Waals surface area contributed by atoms with Gasteiger partial charge in [-0.1, -0.05) is 6.07 Å². The minimum absolute atomic E-state index is 0.0962. The van der Waals surface area contributed by atoms with Gasteiger partial charge < -0.3 is 0 Å². The van der Waals surface area contributed by atoms with E-state index in [1.807, 2.05) is 0 Å². The number of hydrogen-bond donors (Lipinski definition) is 2. The third kappa shape index (κ3) is 1.85. The van der Waals surface area contributed by atoms with Crippen molar-refractivity contribution in [1.29, 1.82) is 0 Å². The lowest BCUT2D eigenvalue weighted by atomic mass is 10.0. The van der Waals surface area contributed by atoms with E-state index in [0.29, 0.717) is 0 Å². The van der Waals surface area contributed by atoms with Crippen LogP contribution in [-0.2, 0) is 0 Å². The molecule has 5 heteroatoms. The van der Waals surface area contributed by atoms with E-state index < -0.39 is 23.5 Å². The van der Waals surface area contributed by atoms with Crippen molar-refractivity contribution in [3.8, 4) is 0 Å². The molecule has 1 unspecified atom stereocenters. The molecule has 0 saturated heterocycles. The lowest BCUT2D eigenvalue weighted by Crippen LogP contribution is -2.30. The second-order valence-corrected chi connectivity index (χ2v) is 3.75. The Morgan fingerprint density at radius 2 is 1.87 bits per heavy atom. The molecule has 0 heterocycles. The van der Waals surface area contributed by atoms with Crippen LogP contribution in [0.3, 0.4) is 0 Å². The van der Waals surface area contributed by atoms with Crippen LogP contribution >= 0.6 is 0 Å². The van der Waals surface area contributed by atoms with E-state index in [-0.39, 0.29) is 11.5 Å². The molecule has 1 atom stereocenters. The molecule has 82 valence electrons. The van der Waals surface area contributed by atoms with Gasteiger partial charge in [0.1, 0.15) is 0 Å². The first-order valence-electron chi connectivity index (χ1n) is 4.74. The van der Waals surface area contributed by atoms with Crippen molar-refractivity contribution in [1.82, 2.24) is 5.43 Å². The molecule has 1 fully saturated rings. The highest BCUT2D eigenvalue weighted by Crippen LogP contribution is 2.41. The topological polar surface area (TPSA) is 38.0 Å². The lowest BCUT2D eigenvalue weighted by molar-refractivity contribution is 0.413. The molecule has 0 spiro atoms. The van der Waals surface area contributed by atoms with E-state index in [1.165, 1.54) is 6.07 Å². The summed E-state index contributed by atoms with van der Waals surface area (Å²) in [7, 11) is 0. The summed E-state index contributed by atoms with van der Waals surface area (Å²) in [5.74, 6) is 1.72. The molecule has 1 aromatic carbocycles. The van der Waals surface area contributed by atoms with E-state index in [1.54, 1.807) is 0 Å². The summed E-state index contributed by atoms with van der Waals surface area (Å²) in [5.41, 5.74) is 2.53. The Hall–Kier alpha value is -1.07. The molecule has 0 radical (unpaired) electrons. The average molecular weight is 216 g/mol. The molecule has 0 aliphatic heterocycles. The predicted molar refractivity (Wildman–Crippen MR) is 49.1 cm³/mol. The molecule has 2 nitrogen and oxygen atoms in total. The summed E-state index contributed by atoms with van der Waals surface area (Å²) < 4.78 is 39.0. The largest absolute Gasteiger partial charge is 0.271 e. The third-order valence-corrected chi connectivity index (χ3v) is 2.67. The molecular weight excluding hydrogens is 205 g/mol. The van der Waals surface area contributed by atoms with Crippen LogP contribution in [0.5, 0.6) is 0 Å². The van der Waals surface area contributed by atoms with Crippen molar-refractivity contribution in [3.63, 3.8) is 0 Å². The molecule has 1 aliphatic rings. The number of halogens is 3. The van der Waals surface area contributed by atoms with Crippen LogP contribution in [0.25, 0.3) is 0 Å². The zero-order valence-electron chi connectivity index (χ0n) is 7.93. The van der Waals surface area contributed by atoms with Gasteiger partial charge >= 0.3 is 0 Å². The zero-order valence-corrected chi connectivity index (χ0v) is 7.93. The number of nitrogens with one attached hydrogen (secondary N) is 1. The van der Waals surface area contributed by atoms with Crippen LogP contribution in [0.1, 0.15) is 24.4 Å². The van der Waals surface area contributed by atoms with Crippen LogP contribution in [-0.4, -0.2) is 0 Å². The molecule has 2 rings (SSSR count). The molecule has 1 saturated carbocycles. The first-order valence-corrected chi connectivity index (χ1v) is 4.74.